The van der Waals surface area contributed by atoms with Gasteiger partial charge in [-0.1, -0.05) is 72.0 Å². The number of esters is 1. The molecule has 0 aromatic rings. The first-order valence-electron chi connectivity index (χ1n) is 21.9. The topological polar surface area (TPSA) is 26.3 Å². The summed E-state index contributed by atoms with van der Waals surface area (Å²) in [5.74, 6) is -74.5. The van der Waals surface area contributed by atoms with E-state index in [9.17, 15) is 97.0 Å². The number of hydrogen-bond donors (Lipinski definition) is 0. The maximum atomic E-state index is 14.4. The van der Waals surface area contributed by atoms with Crippen molar-refractivity contribution < 1.29 is 102 Å². The standard InChI is InChI=1S/C43H55F21O2/c1-23(2)10-9-11-24(3)28-15-16-29-27-14-13-25-22-26(17-20-32(25,4)30(27)18-21-33(28,29)5)66-31(65)12-7-6-8-19-34(44,45)35(46,47)36(48,49)37(50,51)38(52,53)39(54,55)40(56,57)41(58,59)42(60,61)43(62,63)64/h13,23-24,26-30H,6-12,14-22H2,1-5H3. The van der Waals surface area contributed by atoms with Gasteiger partial charge in [-0.15, -0.1) is 0 Å². The molecule has 4 aliphatic rings. The summed E-state index contributed by atoms with van der Waals surface area (Å²) >= 11 is 0. The maximum Gasteiger partial charge on any atom is 0.460 e. The van der Waals surface area contributed by atoms with Gasteiger partial charge in [-0.3, -0.25) is 4.79 Å². The molecule has 0 N–H and O–H groups in total. The van der Waals surface area contributed by atoms with Crippen molar-refractivity contribution in [2.24, 2.45) is 46.3 Å². The third-order valence-electron chi connectivity index (χ3n) is 15.5. The average Bonchev–Trinajstić information content (AvgIpc) is 3.54. The molecule has 4 aliphatic carbocycles. The van der Waals surface area contributed by atoms with Crippen LogP contribution in [0.1, 0.15) is 137 Å². The summed E-state index contributed by atoms with van der Waals surface area (Å²) in [5, 5.41) is 0. The van der Waals surface area contributed by atoms with Gasteiger partial charge in [-0.25, -0.2) is 0 Å². The van der Waals surface area contributed by atoms with E-state index in [4.69, 9.17) is 4.74 Å². The Labute approximate surface area is 368 Å². The molecule has 0 aromatic carbocycles. The van der Waals surface area contributed by atoms with Crippen LogP contribution < -0.4 is 0 Å². The van der Waals surface area contributed by atoms with Crippen molar-refractivity contribution in [3.05, 3.63) is 11.6 Å². The van der Waals surface area contributed by atoms with Gasteiger partial charge in [-0.05, 0) is 104 Å². The number of halogens is 21. The summed E-state index contributed by atoms with van der Waals surface area (Å²) in [5.41, 5.74) is 1.23. The minimum atomic E-state index is -9.19. The molecule has 3 saturated carbocycles. The highest BCUT2D eigenvalue weighted by molar-refractivity contribution is 5.69. The van der Waals surface area contributed by atoms with Crippen molar-refractivity contribution >= 4 is 5.97 Å². The van der Waals surface area contributed by atoms with Crippen molar-refractivity contribution in [2.45, 2.75) is 203 Å². The van der Waals surface area contributed by atoms with Crippen molar-refractivity contribution in [1.82, 2.24) is 0 Å². The first-order chi connectivity index (χ1) is 29.6. The molecular formula is C43H55F21O2. The molecule has 0 heterocycles. The molecule has 0 radical (unpaired) electrons. The lowest BCUT2D eigenvalue weighted by molar-refractivity contribution is -0.474. The number of carbonyl (C=O) groups is 1. The fourth-order valence-electron chi connectivity index (χ4n) is 11.5. The van der Waals surface area contributed by atoms with E-state index in [1.54, 1.807) is 0 Å². The van der Waals surface area contributed by atoms with Gasteiger partial charge in [0.15, 0.2) is 0 Å². The second-order valence-corrected chi connectivity index (χ2v) is 20.0. The fourth-order valence-corrected chi connectivity index (χ4v) is 11.5. The highest BCUT2D eigenvalue weighted by Crippen LogP contribution is 2.69. The van der Waals surface area contributed by atoms with Crippen molar-refractivity contribution in [3.8, 4) is 0 Å². The second-order valence-electron chi connectivity index (χ2n) is 20.0. The zero-order valence-electron chi connectivity index (χ0n) is 36.7. The molecule has 0 aromatic heterocycles. The molecule has 3 fully saturated rings. The number of allylic oxidation sites excluding steroid dienone is 1. The molecule has 0 spiro atoms. The molecule has 0 aliphatic heterocycles. The largest absolute Gasteiger partial charge is 0.462 e. The fraction of sp³-hybridized carbons (Fsp3) is 0.930. The molecule has 4 rings (SSSR count). The van der Waals surface area contributed by atoms with Crippen molar-refractivity contribution in [1.29, 1.82) is 0 Å². The van der Waals surface area contributed by atoms with E-state index in [0.717, 1.165) is 24.8 Å². The Morgan fingerprint density at radius 1 is 0.606 bits per heavy atom. The van der Waals surface area contributed by atoms with Gasteiger partial charge in [-0.2, -0.15) is 92.2 Å². The summed E-state index contributed by atoms with van der Waals surface area (Å²) in [6.45, 7) is 11.5. The third kappa shape index (κ3) is 8.93. The Bertz CT molecular complexity index is 1740. The first-order valence-corrected chi connectivity index (χ1v) is 21.9. The lowest BCUT2D eigenvalue weighted by Crippen LogP contribution is -2.76. The lowest BCUT2D eigenvalue weighted by Gasteiger charge is -2.58. The first kappa shape index (κ1) is 56.3. The van der Waals surface area contributed by atoms with E-state index in [1.165, 1.54) is 32.1 Å². The lowest BCUT2D eigenvalue weighted by atomic mass is 9.47. The van der Waals surface area contributed by atoms with E-state index in [-0.39, 0.29) is 10.8 Å². The maximum absolute atomic E-state index is 14.4. The third-order valence-corrected chi connectivity index (χ3v) is 15.5. The van der Waals surface area contributed by atoms with E-state index < -0.39 is 104 Å². The molecule has 66 heavy (non-hydrogen) atoms. The number of hydrogen-bond acceptors (Lipinski definition) is 2. The number of carbonyl (C=O) groups excluding carboxylic acids is 1. The van der Waals surface area contributed by atoms with Crippen LogP contribution in [0.5, 0.6) is 0 Å². The predicted molar refractivity (Wildman–Crippen MR) is 197 cm³/mol. The quantitative estimate of drug-likeness (QED) is 0.0526. The van der Waals surface area contributed by atoms with Gasteiger partial charge >= 0.3 is 65.4 Å². The summed E-state index contributed by atoms with van der Waals surface area (Å²) in [6, 6.07) is 0. The molecule has 8 unspecified atom stereocenters. The predicted octanol–water partition coefficient (Wildman–Crippen LogP) is 16.2. The van der Waals surface area contributed by atoms with Gasteiger partial charge in [0, 0.05) is 19.3 Å². The molecule has 386 valence electrons. The van der Waals surface area contributed by atoms with Crippen LogP contribution in [-0.2, 0) is 9.53 Å². The van der Waals surface area contributed by atoms with Crippen LogP contribution >= 0.6 is 0 Å². The number of unbranched alkanes of at least 4 members (excludes halogenated alkanes) is 2. The monoisotopic (exact) mass is 1000 g/mol. The Morgan fingerprint density at radius 3 is 1.64 bits per heavy atom. The van der Waals surface area contributed by atoms with Crippen LogP contribution in [0, 0.1) is 46.3 Å². The zero-order valence-corrected chi connectivity index (χ0v) is 36.7. The van der Waals surface area contributed by atoms with Crippen LogP contribution in [0.4, 0.5) is 92.2 Å². The molecule has 0 bridgehead atoms. The summed E-state index contributed by atoms with van der Waals surface area (Å²) in [7, 11) is 0. The van der Waals surface area contributed by atoms with Gasteiger partial charge in [0.2, 0.25) is 0 Å². The van der Waals surface area contributed by atoms with Gasteiger partial charge in [0.1, 0.15) is 6.10 Å². The number of rotatable bonds is 20. The molecule has 2 nitrogen and oxygen atoms in total. The van der Waals surface area contributed by atoms with Crippen LogP contribution in [0.3, 0.4) is 0 Å². The molecular weight excluding hydrogens is 947 g/mol. The Hall–Kier alpha value is -2.26. The highest BCUT2D eigenvalue weighted by atomic mass is 19.4. The van der Waals surface area contributed by atoms with Crippen molar-refractivity contribution in [2.75, 3.05) is 0 Å². The molecule has 0 amide bonds. The van der Waals surface area contributed by atoms with E-state index >= 15 is 0 Å². The number of ether oxygens (including phenoxy) is 1. The van der Waals surface area contributed by atoms with E-state index in [2.05, 4.69) is 40.7 Å². The van der Waals surface area contributed by atoms with Gasteiger partial charge in [0.25, 0.3) is 0 Å². The number of fused-ring (bicyclic) bond motifs is 5. The smallest absolute Gasteiger partial charge is 0.460 e. The Morgan fingerprint density at radius 2 is 1.12 bits per heavy atom. The SMILES string of the molecule is CC(C)CCCC(C)C1CCC2C3CC=C4CC(OC(=O)CCCCCC(F)(F)C(F)(F)C(F)(F)C(F)(F)C(F)(F)C(F)(F)C(F)(F)C(F)(F)C(F)(F)C(F)(F)F)CCC4(C)C3CCC12C. The van der Waals surface area contributed by atoms with E-state index in [1.807, 2.05) is 0 Å². The molecule has 8 atom stereocenters. The highest BCUT2D eigenvalue weighted by Gasteiger charge is 2.97. The normalized spacial score (nSPS) is 29.3. The van der Waals surface area contributed by atoms with Crippen LogP contribution in [0.2, 0.25) is 0 Å². The summed E-state index contributed by atoms with van der Waals surface area (Å²) in [6.07, 6.45) is -1.78. The van der Waals surface area contributed by atoms with Gasteiger partial charge in [0.05, 0.1) is 0 Å². The van der Waals surface area contributed by atoms with Crippen molar-refractivity contribution in [3.63, 3.8) is 0 Å². The molecule has 23 heteroatoms. The zero-order chi connectivity index (χ0) is 50.9. The number of alkyl halides is 21. The minimum absolute atomic E-state index is 0.146. The van der Waals surface area contributed by atoms with Gasteiger partial charge < -0.3 is 4.74 Å². The molecule has 0 saturated heterocycles. The summed E-state index contributed by atoms with van der Waals surface area (Å²) < 4.78 is 293. The van der Waals surface area contributed by atoms with Crippen LogP contribution in [0.15, 0.2) is 11.6 Å². The minimum Gasteiger partial charge on any atom is -0.462 e. The van der Waals surface area contributed by atoms with E-state index in [0.29, 0.717) is 54.8 Å². The Balaban J connectivity index is 1.33. The Kier molecular flexibility index (Phi) is 15.5. The average molecular weight is 1000 g/mol. The second kappa shape index (κ2) is 18.2. The van der Waals surface area contributed by atoms with Crippen LogP contribution in [-0.4, -0.2) is 71.6 Å². The summed E-state index contributed by atoms with van der Waals surface area (Å²) in [4.78, 5) is 12.7. The van der Waals surface area contributed by atoms with Crippen LogP contribution in [0.25, 0.3) is 0 Å².